The zero-order valence-electron chi connectivity index (χ0n) is 14.0. The third-order valence-corrected chi connectivity index (χ3v) is 5.11. The van der Waals surface area contributed by atoms with E-state index < -0.39 is 17.8 Å². The molecular formula is C18H21FN2O4. The van der Waals surface area contributed by atoms with Crippen molar-refractivity contribution in [3.05, 3.63) is 29.6 Å². The quantitative estimate of drug-likeness (QED) is 0.869. The lowest BCUT2D eigenvalue weighted by atomic mass is 10.0. The maximum atomic E-state index is 13.4. The van der Waals surface area contributed by atoms with E-state index >= 15 is 0 Å². The Morgan fingerprint density at radius 1 is 1.32 bits per heavy atom. The maximum Gasteiger partial charge on any atom is 0.308 e. The number of rotatable bonds is 4. The summed E-state index contributed by atoms with van der Waals surface area (Å²) < 4.78 is 13.4. The van der Waals surface area contributed by atoms with Gasteiger partial charge in [-0.2, -0.15) is 0 Å². The Morgan fingerprint density at radius 3 is 2.76 bits per heavy atom. The Labute approximate surface area is 145 Å². The second kappa shape index (κ2) is 6.82. The van der Waals surface area contributed by atoms with Gasteiger partial charge in [-0.15, -0.1) is 0 Å². The van der Waals surface area contributed by atoms with Gasteiger partial charge in [0.2, 0.25) is 11.8 Å². The van der Waals surface area contributed by atoms with Crippen molar-refractivity contribution in [3.8, 4) is 0 Å². The van der Waals surface area contributed by atoms with Crippen LogP contribution in [0.25, 0.3) is 0 Å². The van der Waals surface area contributed by atoms with E-state index in [1.54, 1.807) is 13.0 Å². The molecule has 134 valence electrons. The molecule has 2 amide bonds. The average molecular weight is 348 g/mol. The minimum Gasteiger partial charge on any atom is -0.481 e. The number of hydrogen-bond acceptors (Lipinski definition) is 3. The summed E-state index contributed by atoms with van der Waals surface area (Å²) in [5.41, 5.74) is 1.01. The highest BCUT2D eigenvalue weighted by molar-refractivity contribution is 6.00. The van der Waals surface area contributed by atoms with E-state index in [0.29, 0.717) is 24.1 Å². The monoisotopic (exact) mass is 348 g/mol. The van der Waals surface area contributed by atoms with Crippen molar-refractivity contribution in [3.63, 3.8) is 0 Å². The van der Waals surface area contributed by atoms with Crippen molar-refractivity contribution in [2.45, 2.75) is 38.6 Å². The predicted molar refractivity (Wildman–Crippen MR) is 88.5 cm³/mol. The first-order valence-electron chi connectivity index (χ1n) is 8.46. The molecule has 1 saturated carbocycles. The van der Waals surface area contributed by atoms with E-state index in [-0.39, 0.29) is 36.6 Å². The lowest BCUT2D eigenvalue weighted by Gasteiger charge is -2.20. The number of nitrogens with zero attached hydrogens (tertiary/aromatic N) is 1. The molecule has 0 spiro atoms. The molecule has 1 aliphatic heterocycles. The lowest BCUT2D eigenvalue weighted by Crippen LogP contribution is -2.43. The van der Waals surface area contributed by atoms with Gasteiger partial charge in [0.1, 0.15) is 5.82 Å². The molecule has 1 saturated heterocycles. The molecule has 2 N–H and O–H groups in total. The molecule has 3 rings (SSSR count). The predicted octanol–water partition coefficient (Wildman–Crippen LogP) is 1.86. The molecule has 25 heavy (non-hydrogen) atoms. The third-order valence-electron chi connectivity index (χ3n) is 5.11. The van der Waals surface area contributed by atoms with Gasteiger partial charge in [0.05, 0.1) is 11.8 Å². The number of carbonyl (C=O) groups excluding carboxylic acids is 2. The second-order valence-corrected chi connectivity index (χ2v) is 6.83. The van der Waals surface area contributed by atoms with Gasteiger partial charge in [0.25, 0.3) is 0 Å². The number of benzene rings is 1. The SMILES string of the molecule is Cc1cc(N2CC(C(=O)N[C@@H]3CCC[C@@H]3C(=O)O)CC2=O)ccc1F. The van der Waals surface area contributed by atoms with Crippen LogP contribution >= 0.6 is 0 Å². The van der Waals surface area contributed by atoms with Crippen LogP contribution < -0.4 is 10.2 Å². The number of carboxylic acid groups (broad SMARTS) is 1. The summed E-state index contributed by atoms with van der Waals surface area (Å²) >= 11 is 0. The summed E-state index contributed by atoms with van der Waals surface area (Å²) in [4.78, 5) is 37.4. The Kier molecular flexibility index (Phi) is 4.74. The number of anilines is 1. The molecule has 1 aliphatic carbocycles. The molecule has 0 aromatic heterocycles. The van der Waals surface area contributed by atoms with Gasteiger partial charge < -0.3 is 15.3 Å². The lowest BCUT2D eigenvalue weighted by molar-refractivity contribution is -0.142. The van der Waals surface area contributed by atoms with Gasteiger partial charge in [-0.3, -0.25) is 14.4 Å². The number of aryl methyl sites for hydroxylation is 1. The van der Waals surface area contributed by atoms with Crippen LogP contribution in [0.15, 0.2) is 18.2 Å². The van der Waals surface area contributed by atoms with Crippen LogP contribution in [-0.4, -0.2) is 35.5 Å². The Morgan fingerprint density at radius 2 is 2.08 bits per heavy atom. The maximum absolute atomic E-state index is 13.4. The van der Waals surface area contributed by atoms with E-state index in [0.717, 1.165) is 6.42 Å². The van der Waals surface area contributed by atoms with Crippen LogP contribution in [0.5, 0.6) is 0 Å². The first-order valence-corrected chi connectivity index (χ1v) is 8.46. The van der Waals surface area contributed by atoms with Gasteiger partial charge in [0, 0.05) is 24.7 Å². The fraction of sp³-hybridized carbons (Fsp3) is 0.500. The molecule has 0 bridgehead atoms. The van der Waals surface area contributed by atoms with E-state index in [1.807, 2.05) is 0 Å². The summed E-state index contributed by atoms with van der Waals surface area (Å²) in [7, 11) is 0. The minimum absolute atomic E-state index is 0.0761. The molecule has 7 heteroatoms. The number of halogens is 1. The summed E-state index contributed by atoms with van der Waals surface area (Å²) in [6.07, 6.45) is 2.05. The van der Waals surface area contributed by atoms with E-state index in [9.17, 15) is 23.9 Å². The minimum atomic E-state index is -0.895. The highest BCUT2D eigenvalue weighted by Gasteiger charge is 2.39. The average Bonchev–Trinajstić information content (AvgIpc) is 3.16. The van der Waals surface area contributed by atoms with Gasteiger partial charge in [-0.1, -0.05) is 6.42 Å². The number of nitrogens with one attached hydrogen (secondary N) is 1. The summed E-state index contributed by atoms with van der Waals surface area (Å²) in [6.45, 7) is 1.84. The van der Waals surface area contributed by atoms with Crippen LogP contribution in [0.4, 0.5) is 10.1 Å². The highest BCUT2D eigenvalue weighted by Crippen LogP contribution is 2.29. The Hall–Kier alpha value is -2.44. The van der Waals surface area contributed by atoms with Crippen LogP contribution in [0, 0.1) is 24.6 Å². The number of carboxylic acids is 1. The van der Waals surface area contributed by atoms with E-state index in [1.165, 1.54) is 17.0 Å². The Bertz CT molecular complexity index is 721. The number of aliphatic carboxylic acids is 1. The summed E-state index contributed by atoms with van der Waals surface area (Å²) in [6, 6.07) is 4.05. The molecule has 6 nitrogen and oxygen atoms in total. The van der Waals surface area contributed by atoms with Crippen LogP contribution in [0.1, 0.15) is 31.2 Å². The van der Waals surface area contributed by atoms with Gasteiger partial charge in [0.15, 0.2) is 0 Å². The molecule has 1 aromatic carbocycles. The number of carbonyl (C=O) groups is 3. The molecule has 0 radical (unpaired) electrons. The molecule has 2 aliphatic rings. The van der Waals surface area contributed by atoms with Crippen molar-refractivity contribution in [2.24, 2.45) is 11.8 Å². The fourth-order valence-electron chi connectivity index (χ4n) is 3.66. The molecule has 2 fully saturated rings. The summed E-state index contributed by atoms with van der Waals surface area (Å²) in [5, 5.41) is 12.0. The molecular weight excluding hydrogens is 327 g/mol. The van der Waals surface area contributed by atoms with Crippen molar-refractivity contribution >= 4 is 23.5 Å². The third kappa shape index (κ3) is 3.50. The number of amides is 2. The van der Waals surface area contributed by atoms with Crippen LogP contribution in [0.2, 0.25) is 0 Å². The molecule has 1 unspecified atom stereocenters. The standard InChI is InChI=1S/C18H21FN2O4/c1-10-7-12(5-6-14(10)19)21-9-11(8-16(21)22)17(23)20-15-4-2-3-13(15)18(24)25/h5-7,11,13,15H,2-4,8-9H2,1H3,(H,20,23)(H,24,25)/t11?,13-,15+/m0/s1. The second-order valence-electron chi connectivity index (χ2n) is 6.83. The highest BCUT2D eigenvalue weighted by atomic mass is 19.1. The first kappa shape index (κ1) is 17.4. The van der Waals surface area contributed by atoms with E-state index in [4.69, 9.17) is 0 Å². The van der Waals surface area contributed by atoms with Gasteiger partial charge in [-0.25, -0.2) is 4.39 Å². The first-order chi connectivity index (χ1) is 11.9. The van der Waals surface area contributed by atoms with Crippen molar-refractivity contribution < 1.29 is 23.9 Å². The van der Waals surface area contributed by atoms with Gasteiger partial charge in [-0.05, 0) is 43.5 Å². The number of hydrogen-bond donors (Lipinski definition) is 2. The van der Waals surface area contributed by atoms with Crippen LogP contribution in [-0.2, 0) is 14.4 Å². The zero-order chi connectivity index (χ0) is 18.1. The largest absolute Gasteiger partial charge is 0.481 e. The zero-order valence-corrected chi connectivity index (χ0v) is 14.0. The summed E-state index contributed by atoms with van der Waals surface area (Å²) in [5.74, 6) is -2.79. The molecule has 1 heterocycles. The van der Waals surface area contributed by atoms with Crippen LogP contribution in [0.3, 0.4) is 0 Å². The fourth-order valence-corrected chi connectivity index (χ4v) is 3.66. The Balaban J connectivity index is 1.66. The van der Waals surface area contributed by atoms with Crippen molar-refractivity contribution in [2.75, 3.05) is 11.4 Å². The topological polar surface area (TPSA) is 86.7 Å². The molecule has 1 aromatic rings. The normalized spacial score (nSPS) is 26.1. The van der Waals surface area contributed by atoms with Crippen molar-refractivity contribution in [1.82, 2.24) is 5.32 Å². The smallest absolute Gasteiger partial charge is 0.308 e. The van der Waals surface area contributed by atoms with E-state index in [2.05, 4.69) is 5.32 Å². The van der Waals surface area contributed by atoms with Gasteiger partial charge >= 0.3 is 5.97 Å². The van der Waals surface area contributed by atoms with Crippen molar-refractivity contribution in [1.29, 1.82) is 0 Å². The molecule has 3 atom stereocenters.